The topological polar surface area (TPSA) is 143 Å². The third-order valence-corrected chi connectivity index (χ3v) is 5.93. The summed E-state index contributed by atoms with van der Waals surface area (Å²) in [6, 6.07) is 10.6. The Balaban J connectivity index is 1.32. The van der Waals surface area contributed by atoms with Crippen LogP contribution in [0.4, 0.5) is 28.1 Å². The molecule has 2 saturated heterocycles. The average Bonchev–Trinajstić information content (AvgIpc) is 3.22. The van der Waals surface area contributed by atoms with Gasteiger partial charge in [0.15, 0.2) is 5.82 Å². The largest absolute Gasteiger partial charge is 0.371 e. The van der Waals surface area contributed by atoms with Crippen molar-refractivity contribution in [2.75, 3.05) is 47.0 Å². The van der Waals surface area contributed by atoms with Crippen LogP contribution in [0.3, 0.4) is 0 Å². The van der Waals surface area contributed by atoms with Crippen LogP contribution >= 0.6 is 0 Å². The summed E-state index contributed by atoms with van der Waals surface area (Å²) >= 11 is 0. The molecule has 0 saturated carbocycles. The van der Waals surface area contributed by atoms with Crippen LogP contribution in [0.25, 0.3) is 11.4 Å². The zero-order valence-electron chi connectivity index (χ0n) is 19.4. The Morgan fingerprint density at radius 2 is 1.80 bits per heavy atom. The van der Waals surface area contributed by atoms with Crippen molar-refractivity contribution in [2.45, 2.75) is 31.5 Å². The lowest BCUT2D eigenvalue weighted by Crippen LogP contribution is -2.43. The van der Waals surface area contributed by atoms with Gasteiger partial charge in [-0.05, 0) is 62.2 Å². The number of carbonyl (C=O) groups is 1. The standard InChI is InChI=1S/C24H29N9O2/c25-10-2-12-27-22-30-21(31-23(32-22)33-14-19-8-9-20(15-33)35-19)16-4-6-17(7-5-16)28-24(34)29-18-3-1-11-26-13-18/h1,3-7,11,13,19-20H,2,8-10,12,14-15,25H2,(H2,28,29,34)(H,27,30,31,32). The number of amides is 2. The lowest BCUT2D eigenvalue weighted by atomic mass is 10.2. The van der Waals surface area contributed by atoms with Gasteiger partial charge in [-0.25, -0.2) is 4.79 Å². The number of urea groups is 1. The third-order valence-electron chi connectivity index (χ3n) is 5.93. The number of nitrogens with two attached hydrogens (primary N) is 1. The van der Waals surface area contributed by atoms with Gasteiger partial charge in [0.25, 0.3) is 0 Å². The monoisotopic (exact) mass is 475 g/mol. The predicted molar refractivity (Wildman–Crippen MR) is 134 cm³/mol. The SMILES string of the molecule is NCCCNc1nc(-c2ccc(NC(=O)Nc3cccnc3)cc2)nc(N2CC3CCC(C2)O3)n1. The van der Waals surface area contributed by atoms with E-state index in [1.165, 1.54) is 0 Å². The summed E-state index contributed by atoms with van der Waals surface area (Å²) in [6.07, 6.45) is 6.65. The summed E-state index contributed by atoms with van der Waals surface area (Å²) in [7, 11) is 0. The fourth-order valence-electron chi connectivity index (χ4n) is 4.23. The van der Waals surface area contributed by atoms with Gasteiger partial charge >= 0.3 is 6.03 Å². The van der Waals surface area contributed by atoms with Crippen LogP contribution in [-0.4, -0.2) is 64.4 Å². The molecule has 3 aromatic rings. The number of benzene rings is 1. The summed E-state index contributed by atoms with van der Waals surface area (Å²) in [5.41, 5.74) is 7.73. The number of hydrogen-bond donors (Lipinski definition) is 4. The van der Waals surface area contributed by atoms with Crippen LogP contribution in [-0.2, 0) is 4.74 Å². The molecule has 2 unspecified atom stereocenters. The van der Waals surface area contributed by atoms with Gasteiger partial charge in [-0.2, -0.15) is 15.0 Å². The minimum atomic E-state index is -0.346. The number of carbonyl (C=O) groups excluding carboxylic acids is 1. The minimum absolute atomic E-state index is 0.228. The maximum Gasteiger partial charge on any atom is 0.323 e. The van der Waals surface area contributed by atoms with Crippen molar-refractivity contribution in [3.63, 3.8) is 0 Å². The molecule has 2 aliphatic heterocycles. The van der Waals surface area contributed by atoms with Gasteiger partial charge in [0.05, 0.1) is 24.1 Å². The van der Waals surface area contributed by atoms with Gasteiger partial charge in [0.2, 0.25) is 11.9 Å². The lowest BCUT2D eigenvalue weighted by molar-refractivity contribution is 0.0299. The van der Waals surface area contributed by atoms with Crippen molar-refractivity contribution in [2.24, 2.45) is 5.73 Å². The van der Waals surface area contributed by atoms with E-state index in [1.807, 2.05) is 24.3 Å². The minimum Gasteiger partial charge on any atom is -0.371 e. The van der Waals surface area contributed by atoms with Gasteiger partial charge in [-0.3, -0.25) is 4.98 Å². The van der Waals surface area contributed by atoms with Gasteiger partial charge in [0.1, 0.15) is 0 Å². The van der Waals surface area contributed by atoms with E-state index in [4.69, 9.17) is 15.5 Å². The molecule has 5 N–H and O–H groups in total. The van der Waals surface area contributed by atoms with Crippen LogP contribution in [0.1, 0.15) is 19.3 Å². The first-order chi connectivity index (χ1) is 17.2. The number of nitrogens with one attached hydrogen (secondary N) is 3. The first-order valence-electron chi connectivity index (χ1n) is 11.8. The van der Waals surface area contributed by atoms with Crippen LogP contribution in [0.5, 0.6) is 0 Å². The molecule has 2 aliphatic rings. The highest BCUT2D eigenvalue weighted by molar-refractivity contribution is 5.99. The third kappa shape index (κ3) is 5.81. The Morgan fingerprint density at radius 1 is 1.03 bits per heavy atom. The molecular formula is C24H29N9O2. The fraction of sp³-hybridized carbons (Fsp3) is 0.375. The number of aromatic nitrogens is 4. The molecule has 0 radical (unpaired) electrons. The Labute approximate surface area is 203 Å². The smallest absolute Gasteiger partial charge is 0.323 e. The fourth-order valence-corrected chi connectivity index (χ4v) is 4.23. The van der Waals surface area contributed by atoms with E-state index in [-0.39, 0.29) is 18.2 Å². The number of morpholine rings is 1. The molecule has 11 heteroatoms. The van der Waals surface area contributed by atoms with Gasteiger partial charge in [-0.15, -0.1) is 0 Å². The van der Waals surface area contributed by atoms with Crippen molar-refractivity contribution in [3.8, 4) is 11.4 Å². The Morgan fingerprint density at radius 3 is 2.51 bits per heavy atom. The molecule has 2 aromatic heterocycles. The second-order valence-electron chi connectivity index (χ2n) is 8.61. The number of rotatable bonds is 8. The van der Waals surface area contributed by atoms with E-state index in [1.54, 1.807) is 24.5 Å². The van der Waals surface area contributed by atoms with Crippen LogP contribution in [0, 0.1) is 0 Å². The average molecular weight is 476 g/mol. The molecule has 11 nitrogen and oxygen atoms in total. The van der Waals surface area contributed by atoms with E-state index in [0.29, 0.717) is 42.2 Å². The zero-order chi connectivity index (χ0) is 24.0. The Hall–Kier alpha value is -3.83. The molecule has 35 heavy (non-hydrogen) atoms. The van der Waals surface area contributed by atoms with Crippen LogP contribution < -0.4 is 26.6 Å². The molecule has 2 amide bonds. The quantitative estimate of drug-likeness (QED) is 0.362. The first-order valence-corrected chi connectivity index (χ1v) is 11.8. The molecule has 1 aromatic carbocycles. The highest BCUT2D eigenvalue weighted by atomic mass is 16.5. The molecule has 182 valence electrons. The van der Waals surface area contributed by atoms with E-state index >= 15 is 0 Å². The van der Waals surface area contributed by atoms with Crippen LogP contribution in [0.15, 0.2) is 48.8 Å². The molecule has 4 heterocycles. The van der Waals surface area contributed by atoms with Gasteiger partial charge in [-0.1, -0.05) is 0 Å². The highest BCUT2D eigenvalue weighted by Gasteiger charge is 2.35. The van der Waals surface area contributed by atoms with E-state index in [2.05, 4.69) is 35.8 Å². The molecule has 2 bridgehead atoms. The number of pyridine rings is 1. The van der Waals surface area contributed by atoms with Crippen molar-refractivity contribution in [1.82, 2.24) is 19.9 Å². The number of nitrogens with zero attached hydrogens (tertiary/aromatic N) is 5. The van der Waals surface area contributed by atoms with Gasteiger partial charge < -0.3 is 31.3 Å². The Kier molecular flexibility index (Phi) is 6.96. The van der Waals surface area contributed by atoms with Crippen molar-refractivity contribution < 1.29 is 9.53 Å². The molecule has 2 atom stereocenters. The van der Waals surface area contributed by atoms with Crippen molar-refractivity contribution in [3.05, 3.63) is 48.8 Å². The first kappa shape index (κ1) is 22.9. The molecule has 5 rings (SSSR count). The summed E-state index contributed by atoms with van der Waals surface area (Å²) in [4.78, 5) is 32.5. The molecular weight excluding hydrogens is 446 g/mol. The molecule has 0 aliphatic carbocycles. The zero-order valence-corrected chi connectivity index (χ0v) is 19.4. The maximum atomic E-state index is 12.3. The number of hydrogen-bond acceptors (Lipinski definition) is 9. The second kappa shape index (κ2) is 10.6. The summed E-state index contributed by atoms with van der Waals surface area (Å²) < 4.78 is 5.97. The Bertz CT molecular complexity index is 1130. The summed E-state index contributed by atoms with van der Waals surface area (Å²) in [5, 5.41) is 8.83. The molecule has 2 fully saturated rings. The van der Waals surface area contributed by atoms with Crippen molar-refractivity contribution in [1.29, 1.82) is 0 Å². The van der Waals surface area contributed by atoms with Crippen LogP contribution in [0.2, 0.25) is 0 Å². The highest BCUT2D eigenvalue weighted by Crippen LogP contribution is 2.29. The van der Waals surface area contributed by atoms with E-state index in [0.717, 1.165) is 37.9 Å². The summed E-state index contributed by atoms with van der Waals surface area (Å²) in [5.74, 6) is 1.73. The number of fused-ring (bicyclic) bond motifs is 2. The summed E-state index contributed by atoms with van der Waals surface area (Å²) in [6.45, 7) is 2.82. The molecule has 0 spiro atoms. The van der Waals surface area contributed by atoms with Gasteiger partial charge in [0, 0.05) is 37.1 Å². The van der Waals surface area contributed by atoms with Crippen molar-refractivity contribution >= 4 is 29.3 Å². The second-order valence-corrected chi connectivity index (χ2v) is 8.61. The lowest BCUT2D eigenvalue weighted by Gasteiger charge is -2.32. The van der Waals surface area contributed by atoms with E-state index in [9.17, 15) is 4.79 Å². The normalized spacial score (nSPS) is 18.8. The predicted octanol–water partition coefficient (Wildman–Crippen LogP) is 2.71. The number of ether oxygens (including phenoxy) is 1. The maximum absolute atomic E-state index is 12.3. The number of anilines is 4. The van der Waals surface area contributed by atoms with E-state index < -0.39 is 0 Å².